The molecule has 1 atom stereocenters. The molecule has 0 saturated carbocycles. The van der Waals surface area contributed by atoms with E-state index in [1.54, 1.807) is 11.3 Å². The van der Waals surface area contributed by atoms with Crippen LogP contribution in [0, 0.1) is 6.92 Å². The van der Waals surface area contributed by atoms with E-state index >= 15 is 0 Å². The zero-order valence-corrected chi connectivity index (χ0v) is 12.9. The van der Waals surface area contributed by atoms with Gasteiger partial charge < -0.3 is 15.2 Å². The summed E-state index contributed by atoms with van der Waals surface area (Å²) in [5.41, 5.74) is 0. The van der Waals surface area contributed by atoms with Gasteiger partial charge in [-0.15, -0.1) is 17.9 Å². The first-order valence-electron chi connectivity index (χ1n) is 6.79. The van der Waals surface area contributed by atoms with E-state index in [0.717, 1.165) is 6.42 Å². The fourth-order valence-electron chi connectivity index (χ4n) is 1.75. The molecule has 1 amide bonds. The molecule has 0 radical (unpaired) electrons. The molecule has 116 valence electrons. The average Bonchev–Trinajstić information content (AvgIpc) is 2.83. The molecule has 1 rings (SSSR count). The van der Waals surface area contributed by atoms with Crippen molar-refractivity contribution in [1.29, 1.82) is 0 Å². The van der Waals surface area contributed by atoms with Crippen molar-refractivity contribution in [3.63, 3.8) is 0 Å². The molecule has 2 N–H and O–H groups in total. The van der Waals surface area contributed by atoms with Crippen LogP contribution in [0.3, 0.4) is 0 Å². The Morgan fingerprint density at radius 1 is 1.52 bits per heavy atom. The lowest BCUT2D eigenvalue weighted by atomic mass is 10.2. The smallest absolute Gasteiger partial charge is 0.328 e. The molecule has 0 aliphatic heterocycles. The molecular weight excluding hydrogens is 290 g/mol. The van der Waals surface area contributed by atoms with Crippen LogP contribution in [0.25, 0.3) is 0 Å². The van der Waals surface area contributed by atoms with E-state index in [1.165, 1.54) is 15.8 Å². The van der Waals surface area contributed by atoms with Gasteiger partial charge in [0.1, 0.15) is 0 Å². The second-order valence-electron chi connectivity index (χ2n) is 4.65. The molecule has 5 nitrogen and oxygen atoms in total. The number of aryl methyl sites for hydroxylation is 2. The maximum absolute atomic E-state index is 11.7. The minimum Gasteiger partial charge on any atom is -0.480 e. The molecule has 6 heteroatoms. The van der Waals surface area contributed by atoms with E-state index in [9.17, 15) is 9.59 Å². The van der Waals surface area contributed by atoms with Gasteiger partial charge in [0.05, 0.1) is 13.2 Å². The van der Waals surface area contributed by atoms with Gasteiger partial charge in [0, 0.05) is 16.2 Å². The molecule has 0 bridgehead atoms. The van der Waals surface area contributed by atoms with E-state index in [-0.39, 0.29) is 19.1 Å². The Morgan fingerprint density at radius 2 is 2.29 bits per heavy atom. The van der Waals surface area contributed by atoms with Crippen molar-refractivity contribution in [1.82, 2.24) is 5.32 Å². The van der Waals surface area contributed by atoms with Crippen LogP contribution in [-0.2, 0) is 20.7 Å². The van der Waals surface area contributed by atoms with E-state index in [1.807, 2.05) is 6.92 Å². The highest BCUT2D eigenvalue weighted by Gasteiger charge is 2.19. The first-order chi connectivity index (χ1) is 10.0. The Hall–Kier alpha value is -1.66. The molecule has 1 aromatic rings. The van der Waals surface area contributed by atoms with Crippen LogP contribution < -0.4 is 5.32 Å². The third-order valence-corrected chi connectivity index (χ3v) is 3.84. The highest BCUT2D eigenvalue weighted by Crippen LogP contribution is 2.17. The minimum absolute atomic E-state index is 0.0583. The molecule has 21 heavy (non-hydrogen) atoms. The van der Waals surface area contributed by atoms with Crippen LogP contribution in [-0.4, -0.2) is 36.2 Å². The summed E-state index contributed by atoms with van der Waals surface area (Å²) >= 11 is 1.72. The summed E-state index contributed by atoms with van der Waals surface area (Å²) in [5, 5.41) is 11.5. The molecule has 0 saturated heterocycles. The molecule has 1 aromatic heterocycles. The molecule has 0 aliphatic rings. The lowest BCUT2D eigenvalue weighted by Gasteiger charge is -2.14. The highest BCUT2D eigenvalue weighted by atomic mass is 32.1. The van der Waals surface area contributed by atoms with Gasteiger partial charge in [0.25, 0.3) is 0 Å². The summed E-state index contributed by atoms with van der Waals surface area (Å²) in [4.78, 5) is 25.2. The Balaban J connectivity index is 2.29. The number of carboxylic acid groups (broad SMARTS) is 1. The van der Waals surface area contributed by atoms with Gasteiger partial charge in [-0.2, -0.15) is 0 Å². The monoisotopic (exact) mass is 311 g/mol. The average molecular weight is 311 g/mol. The fraction of sp³-hybridized carbons (Fsp3) is 0.467. The standard InChI is InChI=1S/C15H21NO4S/c1-3-9-20-10-13(15(18)19)16-14(17)6-4-5-12-8-7-11(2)21-12/h3,7-8,13H,1,4-6,9-10H2,2H3,(H,16,17)(H,18,19). The van der Waals surface area contributed by atoms with Gasteiger partial charge >= 0.3 is 5.97 Å². The van der Waals surface area contributed by atoms with Crippen molar-refractivity contribution in [2.45, 2.75) is 32.2 Å². The number of rotatable bonds is 10. The SMILES string of the molecule is C=CCOCC(NC(=O)CCCc1ccc(C)s1)C(=O)O. The molecule has 1 unspecified atom stereocenters. The molecule has 0 aromatic carbocycles. The number of aliphatic carboxylic acids is 1. The zero-order chi connectivity index (χ0) is 15.7. The largest absolute Gasteiger partial charge is 0.480 e. The van der Waals surface area contributed by atoms with E-state index in [2.05, 4.69) is 24.0 Å². The zero-order valence-electron chi connectivity index (χ0n) is 12.1. The van der Waals surface area contributed by atoms with Gasteiger partial charge in [-0.05, 0) is 31.9 Å². The Morgan fingerprint density at radius 3 is 2.86 bits per heavy atom. The number of amides is 1. The lowest BCUT2D eigenvalue weighted by Crippen LogP contribution is -2.44. The summed E-state index contributed by atoms with van der Waals surface area (Å²) in [6.45, 7) is 5.72. The van der Waals surface area contributed by atoms with Gasteiger partial charge in [-0.3, -0.25) is 4.79 Å². The third-order valence-electron chi connectivity index (χ3n) is 2.78. The number of carbonyl (C=O) groups excluding carboxylic acids is 1. The van der Waals surface area contributed by atoms with Crippen LogP contribution in [0.2, 0.25) is 0 Å². The number of thiophene rings is 1. The molecule has 1 heterocycles. The normalized spacial score (nSPS) is 11.9. The topological polar surface area (TPSA) is 75.6 Å². The Labute approximate surface area is 128 Å². The van der Waals surface area contributed by atoms with Gasteiger partial charge in [-0.1, -0.05) is 6.08 Å². The summed E-state index contributed by atoms with van der Waals surface area (Å²) in [6, 6.07) is 3.10. The summed E-state index contributed by atoms with van der Waals surface area (Å²) < 4.78 is 5.07. The van der Waals surface area contributed by atoms with Gasteiger partial charge in [0.2, 0.25) is 5.91 Å². The lowest BCUT2D eigenvalue weighted by molar-refractivity contribution is -0.143. The number of carboxylic acids is 1. The number of carbonyl (C=O) groups is 2. The second kappa shape index (κ2) is 9.31. The molecular formula is C15H21NO4S. The molecule has 0 fully saturated rings. The van der Waals surface area contributed by atoms with Crippen molar-refractivity contribution in [3.05, 3.63) is 34.5 Å². The minimum atomic E-state index is -1.10. The first-order valence-corrected chi connectivity index (χ1v) is 7.60. The van der Waals surface area contributed by atoms with Crippen LogP contribution in [0.15, 0.2) is 24.8 Å². The molecule has 0 spiro atoms. The summed E-state index contributed by atoms with van der Waals surface area (Å²) in [5.74, 6) is -1.36. The van der Waals surface area contributed by atoms with Gasteiger partial charge in [0.15, 0.2) is 6.04 Å². The van der Waals surface area contributed by atoms with Gasteiger partial charge in [-0.25, -0.2) is 4.79 Å². The molecule has 0 aliphatic carbocycles. The van der Waals surface area contributed by atoms with Crippen molar-refractivity contribution < 1.29 is 19.4 Å². The first kappa shape index (κ1) is 17.4. The maximum Gasteiger partial charge on any atom is 0.328 e. The predicted molar refractivity (Wildman–Crippen MR) is 82.6 cm³/mol. The Bertz CT molecular complexity index is 484. The number of nitrogens with one attached hydrogen (secondary N) is 1. The predicted octanol–water partition coefficient (Wildman–Crippen LogP) is 2.15. The quantitative estimate of drug-likeness (QED) is 0.513. The Kier molecular flexibility index (Phi) is 7.71. The van der Waals surface area contributed by atoms with Crippen molar-refractivity contribution in [2.24, 2.45) is 0 Å². The third kappa shape index (κ3) is 7.06. The van der Waals surface area contributed by atoms with Crippen LogP contribution in [0.1, 0.15) is 22.6 Å². The van der Waals surface area contributed by atoms with Crippen molar-refractivity contribution in [3.8, 4) is 0 Å². The highest BCUT2D eigenvalue weighted by molar-refractivity contribution is 7.11. The van der Waals surface area contributed by atoms with E-state index in [4.69, 9.17) is 9.84 Å². The van der Waals surface area contributed by atoms with Crippen molar-refractivity contribution in [2.75, 3.05) is 13.2 Å². The second-order valence-corrected chi connectivity index (χ2v) is 6.02. The van der Waals surface area contributed by atoms with Crippen LogP contribution in [0.4, 0.5) is 0 Å². The van der Waals surface area contributed by atoms with E-state index < -0.39 is 12.0 Å². The number of ether oxygens (including phenoxy) is 1. The fourth-order valence-corrected chi connectivity index (χ4v) is 2.69. The maximum atomic E-state index is 11.7. The van der Waals surface area contributed by atoms with Crippen molar-refractivity contribution >= 4 is 23.2 Å². The van der Waals surface area contributed by atoms with E-state index in [0.29, 0.717) is 12.8 Å². The van der Waals surface area contributed by atoms with Crippen LogP contribution in [0.5, 0.6) is 0 Å². The van der Waals surface area contributed by atoms with Crippen LogP contribution >= 0.6 is 11.3 Å². The number of hydrogen-bond donors (Lipinski definition) is 2. The number of hydrogen-bond acceptors (Lipinski definition) is 4. The summed E-state index contributed by atoms with van der Waals surface area (Å²) in [6.07, 6.45) is 3.37. The summed E-state index contributed by atoms with van der Waals surface area (Å²) in [7, 11) is 0.